The Hall–Kier alpha value is -0.610. The van der Waals surface area contributed by atoms with E-state index in [1.54, 1.807) is 4.90 Å². The number of hydrogen-bond acceptors (Lipinski definition) is 5. The molecule has 0 aromatic rings. The number of halogens is 1. The van der Waals surface area contributed by atoms with E-state index in [2.05, 4.69) is 22.6 Å². The van der Waals surface area contributed by atoms with Gasteiger partial charge in [-0.2, -0.15) is 0 Å². The van der Waals surface area contributed by atoms with Crippen molar-refractivity contribution in [3.05, 3.63) is 0 Å². The third kappa shape index (κ3) is 5.45. The number of ether oxygens (including phenoxy) is 2. The summed E-state index contributed by atoms with van der Waals surface area (Å²) < 4.78 is 10.9. The van der Waals surface area contributed by atoms with E-state index in [0.29, 0.717) is 32.7 Å². The van der Waals surface area contributed by atoms with Gasteiger partial charge in [0.25, 0.3) is 0 Å². The number of carbonyl (C=O) groups excluding carboxylic acids is 2. The Morgan fingerprint density at radius 2 is 2.04 bits per heavy atom. The van der Waals surface area contributed by atoms with Crippen molar-refractivity contribution in [3.63, 3.8) is 0 Å². The number of alkyl halides is 1. The fraction of sp³-hybridized carbons (Fsp3) is 0.889. The number of aliphatic hydroxyl groups excluding tert-OH is 1. The van der Waals surface area contributed by atoms with Crippen molar-refractivity contribution in [2.75, 3.05) is 26.2 Å². The van der Waals surface area contributed by atoms with E-state index in [9.17, 15) is 14.7 Å². The molecule has 2 rings (SSSR count). The molecular weight excluding hydrogens is 451 g/mol. The summed E-state index contributed by atoms with van der Waals surface area (Å²) in [7, 11) is 0. The highest BCUT2D eigenvalue weighted by atomic mass is 127. The standard InChI is InChI=1S/C18H31IN2O5/c1-5-25-16(23)12-8-10-20(17(24)26-18(2,3)4)11-14(12)21-9-6-7-13(19)15(21)22/h12-14,16,23H,5-11H2,1-4H3/t12-,13?,14-,16?/m0/s1. The summed E-state index contributed by atoms with van der Waals surface area (Å²) >= 11 is 2.18. The fourth-order valence-corrected chi connectivity index (χ4v) is 4.38. The van der Waals surface area contributed by atoms with E-state index in [1.165, 1.54) is 0 Å². The van der Waals surface area contributed by atoms with E-state index >= 15 is 0 Å². The summed E-state index contributed by atoms with van der Waals surface area (Å²) in [6.07, 6.45) is 1.06. The van der Waals surface area contributed by atoms with Crippen LogP contribution < -0.4 is 0 Å². The number of hydrogen-bond donors (Lipinski definition) is 1. The number of rotatable bonds is 4. The molecule has 4 atom stereocenters. The first kappa shape index (κ1) is 21.7. The summed E-state index contributed by atoms with van der Waals surface area (Å²) in [4.78, 5) is 28.7. The first-order valence-corrected chi connectivity index (χ1v) is 10.6. The van der Waals surface area contributed by atoms with Gasteiger partial charge < -0.3 is 24.4 Å². The molecule has 2 fully saturated rings. The predicted molar refractivity (Wildman–Crippen MR) is 106 cm³/mol. The SMILES string of the molecule is CCOC(O)[C@H]1CCN(C(=O)OC(C)(C)C)C[C@@H]1N1CCCC(I)C1=O. The molecule has 0 aliphatic carbocycles. The third-order valence-corrected chi connectivity index (χ3v) is 5.95. The van der Waals surface area contributed by atoms with Crippen LogP contribution in [0.3, 0.4) is 0 Å². The zero-order valence-corrected chi connectivity index (χ0v) is 18.3. The largest absolute Gasteiger partial charge is 0.444 e. The Morgan fingerprint density at radius 3 is 2.65 bits per heavy atom. The van der Waals surface area contributed by atoms with Crippen LogP contribution in [0.25, 0.3) is 0 Å². The molecule has 26 heavy (non-hydrogen) atoms. The Labute approximate surface area is 169 Å². The van der Waals surface area contributed by atoms with Gasteiger partial charge in [0.2, 0.25) is 5.91 Å². The first-order chi connectivity index (χ1) is 12.1. The van der Waals surface area contributed by atoms with Crippen molar-refractivity contribution in [2.45, 2.75) is 68.8 Å². The van der Waals surface area contributed by atoms with Gasteiger partial charge in [-0.15, -0.1) is 0 Å². The average Bonchev–Trinajstić information content (AvgIpc) is 2.55. The Kier molecular flexibility index (Phi) is 7.55. The van der Waals surface area contributed by atoms with Crippen LogP contribution in [0.5, 0.6) is 0 Å². The lowest BCUT2D eigenvalue weighted by atomic mass is 9.88. The number of piperidine rings is 2. The molecule has 0 aromatic carbocycles. The highest BCUT2D eigenvalue weighted by Gasteiger charge is 2.43. The lowest BCUT2D eigenvalue weighted by Crippen LogP contribution is -2.61. The van der Waals surface area contributed by atoms with Crippen LogP contribution in [-0.4, -0.2) is 75.0 Å². The summed E-state index contributed by atoms with van der Waals surface area (Å²) in [5.74, 6) is -0.124. The summed E-state index contributed by atoms with van der Waals surface area (Å²) in [5.41, 5.74) is -0.567. The quantitative estimate of drug-likeness (QED) is 0.378. The van der Waals surface area contributed by atoms with Crippen molar-refractivity contribution in [2.24, 2.45) is 5.92 Å². The summed E-state index contributed by atoms with van der Waals surface area (Å²) in [6, 6.07) is -0.261. The Balaban J connectivity index is 2.17. The third-order valence-electron chi connectivity index (χ3n) is 4.80. The molecule has 2 amide bonds. The number of amides is 2. The second-order valence-corrected chi connectivity index (χ2v) is 9.44. The molecule has 0 bridgehead atoms. The molecule has 1 N–H and O–H groups in total. The predicted octanol–water partition coefficient (Wildman–Crippen LogP) is 2.39. The minimum Gasteiger partial charge on any atom is -0.444 e. The molecule has 150 valence electrons. The van der Waals surface area contributed by atoms with Gasteiger partial charge in [-0.05, 0) is 47.0 Å². The molecule has 2 heterocycles. The maximum atomic E-state index is 12.7. The Morgan fingerprint density at radius 1 is 1.35 bits per heavy atom. The Bertz CT molecular complexity index is 510. The molecule has 2 unspecified atom stereocenters. The molecule has 8 heteroatoms. The van der Waals surface area contributed by atoms with E-state index in [1.807, 2.05) is 32.6 Å². The molecule has 0 aromatic heterocycles. The van der Waals surface area contributed by atoms with E-state index in [-0.39, 0.29) is 27.9 Å². The first-order valence-electron chi connectivity index (χ1n) is 9.36. The highest BCUT2D eigenvalue weighted by molar-refractivity contribution is 14.1. The van der Waals surface area contributed by atoms with Gasteiger partial charge in [0, 0.05) is 32.2 Å². The molecular formula is C18H31IN2O5. The molecule has 2 saturated heterocycles. The average molecular weight is 482 g/mol. The smallest absolute Gasteiger partial charge is 0.410 e. The van der Waals surface area contributed by atoms with Crippen LogP contribution in [0.15, 0.2) is 0 Å². The second kappa shape index (κ2) is 9.05. The maximum absolute atomic E-state index is 12.7. The molecule has 2 aliphatic heterocycles. The van der Waals surface area contributed by atoms with Crippen LogP contribution in [-0.2, 0) is 14.3 Å². The van der Waals surface area contributed by atoms with Crippen molar-refractivity contribution < 1.29 is 24.2 Å². The zero-order chi connectivity index (χ0) is 19.5. The van der Waals surface area contributed by atoms with Gasteiger partial charge in [0.1, 0.15) is 5.60 Å². The monoisotopic (exact) mass is 482 g/mol. The number of likely N-dealkylation sites (tertiary alicyclic amines) is 2. The van der Waals surface area contributed by atoms with Gasteiger partial charge in [-0.1, -0.05) is 22.6 Å². The van der Waals surface area contributed by atoms with Gasteiger partial charge in [0.05, 0.1) is 9.97 Å². The van der Waals surface area contributed by atoms with E-state index in [0.717, 1.165) is 12.8 Å². The van der Waals surface area contributed by atoms with Gasteiger partial charge in [-0.3, -0.25) is 4.79 Å². The topological polar surface area (TPSA) is 79.3 Å². The van der Waals surface area contributed by atoms with Gasteiger partial charge >= 0.3 is 6.09 Å². The number of nitrogens with zero attached hydrogens (tertiary/aromatic N) is 2. The molecule has 2 aliphatic rings. The molecule has 0 radical (unpaired) electrons. The number of carbonyl (C=O) groups is 2. The van der Waals surface area contributed by atoms with E-state index < -0.39 is 11.9 Å². The molecule has 7 nitrogen and oxygen atoms in total. The normalized spacial score (nSPS) is 28.8. The summed E-state index contributed by atoms with van der Waals surface area (Å²) in [5, 5.41) is 10.4. The molecule has 0 spiro atoms. The van der Waals surface area contributed by atoms with Gasteiger partial charge in [0.15, 0.2) is 6.29 Å². The number of aliphatic hydroxyl groups is 1. The second-order valence-electron chi connectivity index (χ2n) is 7.93. The van der Waals surface area contributed by atoms with Crippen LogP contribution in [0.2, 0.25) is 0 Å². The molecule has 0 saturated carbocycles. The van der Waals surface area contributed by atoms with Crippen molar-refractivity contribution in [1.29, 1.82) is 0 Å². The van der Waals surface area contributed by atoms with Crippen LogP contribution in [0, 0.1) is 5.92 Å². The minimum absolute atomic E-state index is 0.0526. The lowest BCUT2D eigenvalue weighted by Gasteiger charge is -2.47. The summed E-state index contributed by atoms with van der Waals surface area (Å²) in [6.45, 7) is 9.24. The fourth-order valence-electron chi connectivity index (χ4n) is 3.58. The van der Waals surface area contributed by atoms with Crippen molar-refractivity contribution in [3.8, 4) is 0 Å². The highest BCUT2D eigenvalue weighted by Crippen LogP contribution is 2.31. The van der Waals surface area contributed by atoms with E-state index in [4.69, 9.17) is 9.47 Å². The minimum atomic E-state index is -0.937. The maximum Gasteiger partial charge on any atom is 0.410 e. The lowest BCUT2D eigenvalue weighted by molar-refractivity contribution is -0.167. The van der Waals surface area contributed by atoms with Gasteiger partial charge in [-0.25, -0.2) is 4.79 Å². The van der Waals surface area contributed by atoms with Crippen LogP contribution in [0.1, 0.15) is 47.0 Å². The zero-order valence-electron chi connectivity index (χ0n) is 16.1. The van der Waals surface area contributed by atoms with Crippen LogP contribution in [0.4, 0.5) is 4.79 Å². The van der Waals surface area contributed by atoms with Crippen LogP contribution >= 0.6 is 22.6 Å². The van der Waals surface area contributed by atoms with Crippen molar-refractivity contribution >= 4 is 34.6 Å². The van der Waals surface area contributed by atoms with Crippen molar-refractivity contribution in [1.82, 2.24) is 9.80 Å².